The Morgan fingerprint density at radius 3 is 2.12 bits per heavy atom. The van der Waals surface area contributed by atoms with Crippen LogP contribution in [-0.4, -0.2) is 65.1 Å². The molecule has 2 fully saturated rings. The first-order valence-electron chi connectivity index (χ1n) is 11.1. The number of hydrogen-bond acceptors (Lipinski definition) is 6. The van der Waals surface area contributed by atoms with Crippen LogP contribution in [0, 0.1) is 0 Å². The zero-order chi connectivity index (χ0) is 22.1. The Morgan fingerprint density at radius 2 is 1.53 bits per heavy atom. The van der Waals surface area contributed by atoms with E-state index >= 15 is 0 Å². The predicted octanol–water partition coefficient (Wildman–Crippen LogP) is 2.37. The molecule has 7 heteroatoms. The number of rotatable bonds is 4. The molecule has 3 aliphatic rings. The van der Waals surface area contributed by atoms with Gasteiger partial charge in [0.2, 0.25) is 5.78 Å². The largest absolute Gasteiger partial charge is 0.503 e. The Bertz CT molecular complexity index is 978. The minimum Gasteiger partial charge on any atom is -0.503 e. The maximum Gasteiger partial charge on any atom is 0.275 e. The first kappa shape index (κ1) is 20.7. The number of amides is 1. The highest BCUT2D eigenvalue weighted by Crippen LogP contribution is 2.37. The molecule has 0 aliphatic carbocycles. The number of carbonyl (C=O) groups excluding carboxylic acids is 2. The van der Waals surface area contributed by atoms with Gasteiger partial charge in [-0.1, -0.05) is 60.7 Å². The van der Waals surface area contributed by atoms with Crippen molar-refractivity contribution >= 4 is 11.7 Å². The molecule has 2 N–H and O–H groups in total. The summed E-state index contributed by atoms with van der Waals surface area (Å²) in [5.74, 6) is -1.29. The van der Waals surface area contributed by atoms with E-state index in [-0.39, 0.29) is 36.2 Å². The number of hydrogen-bond donors (Lipinski definition) is 2. The zero-order valence-electron chi connectivity index (χ0n) is 17.8. The summed E-state index contributed by atoms with van der Waals surface area (Å²) >= 11 is 0. The van der Waals surface area contributed by atoms with E-state index in [1.54, 1.807) is 5.01 Å². The van der Waals surface area contributed by atoms with Crippen LogP contribution in [0.25, 0.3) is 0 Å². The van der Waals surface area contributed by atoms with Gasteiger partial charge in [0.1, 0.15) is 0 Å². The van der Waals surface area contributed by atoms with E-state index in [2.05, 4.69) is 29.7 Å². The van der Waals surface area contributed by atoms with Gasteiger partial charge in [0.15, 0.2) is 11.5 Å². The standard InChI is InChI=1S/C25H27N3O4/c29-21-15-26-28-20(22(17-7-3-1-4-8-17)18-9-5-2-6-10-18)16-27(19-11-13-32-14-12-19)25(31)23(28)24(21)30/h1-10,19-20,22,26,30H,11-16H2. The average Bonchev–Trinajstić information content (AvgIpc) is 2.84. The van der Waals surface area contributed by atoms with Gasteiger partial charge in [-0.2, -0.15) is 0 Å². The predicted molar refractivity (Wildman–Crippen MR) is 119 cm³/mol. The van der Waals surface area contributed by atoms with Crippen molar-refractivity contribution in [3.8, 4) is 0 Å². The molecule has 0 saturated carbocycles. The molecular formula is C25H27N3O4. The topological polar surface area (TPSA) is 82.1 Å². The molecule has 166 valence electrons. The molecule has 3 heterocycles. The summed E-state index contributed by atoms with van der Waals surface area (Å²) in [5.41, 5.74) is 5.40. The summed E-state index contributed by atoms with van der Waals surface area (Å²) in [6, 6.07) is 20.2. The Balaban J connectivity index is 1.62. The van der Waals surface area contributed by atoms with E-state index in [1.807, 2.05) is 41.3 Å². The van der Waals surface area contributed by atoms with Gasteiger partial charge < -0.3 is 14.7 Å². The fourth-order valence-electron chi connectivity index (χ4n) is 5.08. The maximum absolute atomic E-state index is 13.5. The first-order valence-corrected chi connectivity index (χ1v) is 11.1. The van der Waals surface area contributed by atoms with Crippen molar-refractivity contribution in [3.63, 3.8) is 0 Å². The number of ketones is 1. The monoisotopic (exact) mass is 433 g/mol. The molecule has 7 nitrogen and oxygen atoms in total. The van der Waals surface area contributed by atoms with Crippen molar-refractivity contribution in [3.05, 3.63) is 83.2 Å². The van der Waals surface area contributed by atoms with Crippen LogP contribution in [0.3, 0.4) is 0 Å². The Labute approximate surface area is 187 Å². The van der Waals surface area contributed by atoms with Crippen molar-refractivity contribution in [2.45, 2.75) is 30.8 Å². The lowest BCUT2D eigenvalue weighted by Gasteiger charge is -2.50. The van der Waals surface area contributed by atoms with Crippen molar-refractivity contribution in [1.29, 1.82) is 0 Å². The van der Waals surface area contributed by atoms with Crippen LogP contribution in [0.1, 0.15) is 29.9 Å². The van der Waals surface area contributed by atoms with Gasteiger partial charge >= 0.3 is 0 Å². The number of piperazine rings is 1. The van der Waals surface area contributed by atoms with Crippen molar-refractivity contribution in [2.24, 2.45) is 0 Å². The first-order chi connectivity index (χ1) is 15.6. The summed E-state index contributed by atoms with van der Waals surface area (Å²) < 4.78 is 5.51. The second-order valence-corrected chi connectivity index (χ2v) is 8.49. The van der Waals surface area contributed by atoms with Crippen LogP contribution < -0.4 is 5.43 Å². The Hall–Kier alpha value is -3.16. The molecule has 1 unspecified atom stereocenters. The van der Waals surface area contributed by atoms with E-state index < -0.39 is 11.5 Å². The number of benzene rings is 2. The Morgan fingerprint density at radius 1 is 0.938 bits per heavy atom. The smallest absolute Gasteiger partial charge is 0.275 e. The molecule has 3 aliphatic heterocycles. The van der Waals surface area contributed by atoms with Crippen LogP contribution in [0.5, 0.6) is 0 Å². The molecule has 0 aromatic heterocycles. The summed E-state index contributed by atoms with van der Waals surface area (Å²) in [6.07, 6.45) is 1.49. The number of hydrazine groups is 1. The highest BCUT2D eigenvalue weighted by molar-refractivity contribution is 6.06. The third-order valence-corrected chi connectivity index (χ3v) is 6.65. The van der Waals surface area contributed by atoms with Crippen LogP contribution in [0.4, 0.5) is 0 Å². The highest BCUT2D eigenvalue weighted by Gasteiger charge is 2.47. The molecule has 2 saturated heterocycles. The fourth-order valence-corrected chi connectivity index (χ4v) is 5.08. The summed E-state index contributed by atoms with van der Waals surface area (Å²) in [6.45, 7) is 1.65. The molecule has 1 amide bonds. The van der Waals surface area contributed by atoms with Gasteiger partial charge in [-0.15, -0.1) is 0 Å². The quantitative estimate of drug-likeness (QED) is 0.771. The normalized spacial score (nSPS) is 22.5. The zero-order valence-corrected chi connectivity index (χ0v) is 17.8. The number of fused-ring (bicyclic) bond motifs is 1. The van der Waals surface area contributed by atoms with Crippen molar-refractivity contribution in [1.82, 2.24) is 15.3 Å². The lowest BCUT2D eigenvalue weighted by atomic mass is 9.82. The summed E-state index contributed by atoms with van der Waals surface area (Å²) in [4.78, 5) is 27.6. The highest BCUT2D eigenvalue weighted by atomic mass is 16.5. The Kier molecular flexibility index (Phi) is 5.68. The molecule has 2 aromatic carbocycles. The maximum atomic E-state index is 13.5. The summed E-state index contributed by atoms with van der Waals surface area (Å²) in [5, 5.41) is 12.4. The fraction of sp³-hybridized carbons (Fsp3) is 0.360. The van der Waals surface area contributed by atoms with Gasteiger partial charge in [-0.25, -0.2) is 5.43 Å². The molecule has 5 rings (SSSR count). The molecule has 0 radical (unpaired) electrons. The van der Waals surface area contributed by atoms with Crippen LogP contribution in [0.15, 0.2) is 72.1 Å². The van der Waals surface area contributed by atoms with Crippen molar-refractivity contribution < 1.29 is 19.4 Å². The molecule has 0 bridgehead atoms. The van der Waals surface area contributed by atoms with Gasteiger partial charge in [0, 0.05) is 31.7 Å². The second kappa shape index (κ2) is 8.76. The minimum absolute atomic E-state index is 0.0189. The summed E-state index contributed by atoms with van der Waals surface area (Å²) in [7, 11) is 0. The average molecular weight is 434 g/mol. The second-order valence-electron chi connectivity index (χ2n) is 8.49. The molecule has 1 atom stereocenters. The molecule has 32 heavy (non-hydrogen) atoms. The van der Waals surface area contributed by atoms with Gasteiger partial charge in [-0.3, -0.25) is 14.6 Å². The number of nitrogens with zero attached hydrogens (tertiary/aromatic N) is 2. The number of aliphatic hydroxyl groups excluding tert-OH is 1. The van der Waals surface area contributed by atoms with Crippen LogP contribution >= 0.6 is 0 Å². The number of aliphatic hydroxyl groups is 1. The van der Waals surface area contributed by atoms with Crippen LogP contribution in [-0.2, 0) is 14.3 Å². The van der Waals surface area contributed by atoms with Crippen molar-refractivity contribution in [2.75, 3.05) is 26.3 Å². The number of Topliss-reactive ketones (excluding diaryl/α,β-unsaturated/α-hetero) is 1. The molecular weight excluding hydrogens is 406 g/mol. The lowest BCUT2D eigenvalue weighted by Crippen LogP contribution is -2.65. The van der Waals surface area contributed by atoms with E-state index in [0.717, 1.165) is 24.0 Å². The van der Waals surface area contributed by atoms with E-state index in [0.29, 0.717) is 19.8 Å². The van der Waals surface area contributed by atoms with E-state index in [9.17, 15) is 14.7 Å². The number of carbonyl (C=O) groups is 2. The van der Waals surface area contributed by atoms with Gasteiger partial charge in [-0.05, 0) is 24.0 Å². The minimum atomic E-state index is -0.465. The SMILES string of the molecule is O=C1CNN2C(=C1O)C(=O)N(C1CCOCC1)CC2C(c1ccccc1)c1ccccc1. The lowest BCUT2D eigenvalue weighted by molar-refractivity contribution is -0.143. The number of ether oxygens (including phenoxy) is 1. The van der Waals surface area contributed by atoms with Gasteiger partial charge in [0.25, 0.3) is 5.91 Å². The molecule has 0 spiro atoms. The van der Waals surface area contributed by atoms with E-state index in [4.69, 9.17) is 4.74 Å². The number of nitrogens with one attached hydrogen (secondary N) is 1. The third-order valence-electron chi connectivity index (χ3n) is 6.65. The van der Waals surface area contributed by atoms with Crippen LogP contribution in [0.2, 0.25) is 0 Å². The van der Waals surface area contributed by atoms with E-state index in [1.165, 1.54) is 0 Å². The van der Waals surface area contributed by atoms with Gasteiger partial charge in [0.05, 0.1) is 12.6 Å². The third kappa shape index (κ3) is 3.67. The molecule has 2 aromatic rings.